The molecular formula is C18H32O2. The van der Waals surface area contributed by atoms with E-state index < -0.39 is 0 Å². The van der Waals surface area contributed by atoms with Crippen LogP contribution in [-0.2, 0) is 4.74 Å². The smallest absolute Gasteiger partial charge is 0.0974 e. The van der Waals surface area contributed by atoms with E-state index in [0.29, 0.717) is 12.3 Å². The Hall–Kier alpha value is -0.760. The molecule has 0 radical (unpaired) electrons. The molecule has 3 atom stereocenters. The number of allylic oxidation sites excluding steroid dienone is 3. The highest BCUT2D eigenvalue weighted by atomic mass is 16.5. The summed E-state index contributed by atoms with van der Waals surface area (Å²) in [5.74, 6) is 0.579. The molecule has 0 aromatic heterocycles. The third-order valence-electron chi connectivity index (χ3n) is 3.97. The van der Waals surface area contributed by atoms with Gasteiger partial charge in [0, 0.05) is 12.3 Å². The van der Waals surface area contributed by atoms with Gasteiger partial charge in [-0.15, -0.1) is 0 Å². The Labute approximate surface area is 124 Å². The average molecular weight is 280 g/mol. The lowest BCUT2D eigenvalue weighted by molar-refractivity contribution is 0.0873. The van der Waals surface area contributed by atoms with E-state index in [4.69, 9.17) is 4.74 Å². The van der Waals surface area contributed by atoms with Crippen molar-refractivity contribution in [2.45, 2.75) is 84.3 Å². The monoisotopic (exact) mass is 280 g/mol. The Morgan fingerprint density at radius 2 is 2.15 bits per heavy atom. The predicted octanol–water partition coefficient (Wildman–Crippen LogP) is 4.98. The summed E-state index contributed by atoms with van der Waals surface area (Å²) in [6.07, 6.45) is 16.0. The third-order valence-corrected chi connectivity index (χ3v) is 3.97. The van der Waals surface area contributed by atoms with Crippen LogP contribution in [0, 0.1) is 5.92 Å². The maximum absolute atomic E-state index is 9.30. The normalized spacial score (nSPS) is 24.4. The predicted molar refractivity (Wildman–Crippen MR) is 85.6 cm³/mol. The van der Waals surface area contributed by atoms with E-state index >= 15 is 0 Å². The van der Waals surface area contributed by atoms with Crippen LogP contribution in [0.2, 0.25) is 0 Å². The van der Waals surface area contributed by atoms with Gasteiger partial charge in [-0.3, -0.25) is 0 Å². The SMILES string of the molecule is CCCCC/C=C1/CCCC1/C=C/O[C@@H](C)C[C@H](C)O. The molecule has 0 aromatic rings. The lowest BCUT2D eigenvalue weighted by Gasteiger charge is -2.13. The first kappa shape index (κ1) is 17.3. The van der Waals surface area contributed by atoms with E-state index in [0.717, 1.165) is 0 Å². The van der Waals surface area contributed by atoms with Gasteiger partial charge in [0.15, 0.2) is 0 Å². The summed E-state index contributed by atoms with van der Waals surface area (Å²) in [6, 6.07) is 0. The van der Waals surface area contributed by atoms with Gasteiger partial charge in [0.1, 0.15) is 0 Å². The Balaban J connectivity index is 2.33. The zero-order valence-corrected chi connectivity index (χ0v) is 13.5. The molecule has 0 aliphatic heterocycles. The third kappa shape index (κ3) is 7.14. The van der Waals surface area contributed by atoms with Crippen molar-refractivity contribution in [3.8, 4) is 0 Å². The number of hydrogen-bond acceptors (Lipinski definition) is 2. The molecule has 0 aromatic carbocycles. The molecule has 1 rings (SSSR count). The van der Waals surface area contributed by atoms with Gasteiger partial charge >= 0.3 is 0 Å². The van der Waals surface area contributed by atoms with Crippen molar-refractivity contribution in [2.24, 2.45) is 5.92 Å². The molecule has 2 nitrogen and oxygen atoms in total. The second-order valence-electron chi connectivity index (χ2n) is 6.13. The molecule has 0 bridgehead atoms. The summed E-state index contributed by atoms with van der Waals surface area (Å²) >= 11 is 0. The van der Waals surface area contributed by atoms with E-state index in [-0.39, 0.29) is 12.2 Å². The molecule has 1 aliphatic rings. The van der Waals surface area contributed by atoms with Gasteiger partial charge in [0.2, 0.25) is 0 Å². The minimum Gasteiger partial charge on any atom is -0.499 e. The van der Waals surface area contributed by atoms with Crippen LogP contribution in [0.4, 0.5) is 0 Å². The van der Waals surface area contributed by atoms with Gasteiger partial charge in [-0.25, -0.2) is 0 Å². The summed E-state index contributed by atoms with van der Waals surface area (Å²) in [5.41, 5.74) is 1.60. The van der Waals surface area contributed by atoms with Crippen LogP contribution >= 0.6 is 0 Å². The highest BCUT2D eigenvalue weighted by Crippen LogP contribution is 2.32. The Morgan fingerprint density at radius 1 is 1.35 bits per heavy atom. The fourth-order valence-electron chi connectivity index (χ4n) is 2.86. The lowest BCUT2D eigenvalue weighted by Crippen LogP contribution is -2.13. The molecule has 1 unspecified atom stereocenters. The molecule has 20 heavy (non-hydrogen) atoms. The zero-order valence-electron chi connectivity index (χ0n) is 13.5. The zero-order chi connectivity index (χ0) is 14.8. The molecule has 2 heteroatoms. The number of rotatable bonds is 9. The van der Waals surface area contributed by atoms with Gasteiger partial charge in [-0.1, -0.05) is 31.4 Å². The fourth-order valence-corrected chi connectivity index (χ4v) is 2.86. The lowest BCUT2D eigenvalue weighted by atomic mass is 10.0. The van der Waals surface area contributed by atoms with Crippen LogP contribution in [0.3, 0.4) is 0 Å². The van der Waals surface area contributed by atoms with E-state index in [1.807, 2.05) is 13.2 Å². The summed E-state index contributed by atoms with van der Waals surface area (Å²) in [5, 5.41) is 9.30. The average Bonchev–Trinajstić information content (AvgIpc) is 2.81. The maximum Gasteiger partial charge on any atom is 0.0974 e. The largest absolute Gasteiger partial charge is 0.499 e. The van der Waals surface area contributed by atoms with Crippen LogP contribution in [0.25, 0.3) is 0 Å². The molecular weight excluding hydrogens is 248 g/mol. The maximum atomic E-state index is 9.30. The Bertz CT molecular complexity index is 305. The topological polar surface area (TPSA) is 29.5 Å². The van der Waals surface area contributed by atoms with Gasteiger partial charge in [-0.2, -0.15) is 0 Å². The van der Waals surface area contributed by atoms with Crippen molar-refractivity contribution < 1.29 is 9.84 Å². The van der Waals surface area contributed by atoms with Crippen LogP contribution in [0.1, 0.15) is 72.1 Å². The standard InChI is InChI=1S/C18H32O2/c1-4-5-6-7-9-17-10-8-11-18(17)12-13-20-16(3)14-15(2)19/h9,12-13,15-16,18-19H,4-8,10-11,14H2,1-3H3/b13-12+,17-9-/t15-,16-,18?/m0/s1. The van der Waals surface area contributed by atoms with Crippen molar-refractivity contribution in [3.05, 3.63) is 24.0 Å². The number of unbranched alkanes of at least 4 members (excludes halogenated alkanes) is 3. The molecule has 0 spiro atoms. The van der Waals surface area contributed by atoms with Gasteiger partial charge in [0.05, 0.1) is 18.5 Å². The molecule has 0 heterocycles. The first-order valence-electron chi connectivity index (χ1n) is 8.32. The van der Waals surface area contributed by atoms with E-state index in [1.165, 1.54) is 44.9 Å². The van der Waals surface area contributed by atoms with Crippen molar-refractivity contribution in [2.75, 3.05) is 0 Å². The first-order chi connectivity index (χ1) is 9.63. The molecule has 0 saturated heterocycles. The molecule has 1 saturated carbocycles. The highest BCUT2D eigenvalue weighted by Gasteiger charge is 2.18. The minimum atomic E-state index is -0.293. The van der Waals surface area contributed by atoms with Crippen molar-refractivity contribution in [1.82, 2.24) is 0 Å². The molecule has 1 aliphatic carbocycles. The number of aliphatic hydroxyl groups excluding tert-OH is 1. The highest BCUT2D eigenvalue weighted by molar-refractivity contribution is 5.16. The quantitative estimate of drug-likeness (QED) is 0.366. The van der Waals surface area contributed by atoms with Crippen LogP contribution < -0.4 is 0 Å². The molecule has 1 N–H and O–H groups in total. The summed E-state index contributed by atoms with van der Waals surface area (Å²) < 4.78 is 5.64. The molecule has 1 fully saturated rings. The summed E-state index contributed by atoms with van der Waals surface area (Å²) in [6.45, 7) is 6.06. The summed E-state index contributed by atoms with van der Waals surface area (Å²) in [7, 11) is 0. The van der Waals surface area contributed by atoms with E-state index in [2.05, 4.69) is 19.1 Å². The van der Waals surface area contributed by atoms with Crippen LogP contribution in [0.15, 0.2) is 24.0 Å². The Kier molecular flexibility index (Phi) is 8.68. The second kappa shape index (κ2) is 10.0. The van der Waals surface area contributed by atoms with Gasteiger partial charge in [-0.05, 0) is 52.0 Å². The summed E-state index contributed by atoms with van der Waals surface area (Å²) in [4.78, 5) is 0. The van der Waals surface area contributed by atoms with Crippen molar-refractivity contribution in [1.29, 1.82) is 0 Å². The first-order valence-corrected chi connectivity index (χ1v) is 8.32. The molecule has 0 amide bonds. The number of hydrogen-bond donors (Lipinski definition) is 1. The van der Waals surface area contributed by atoms with E-state index in [9.17, 15) is 5.11 Å². The number of ether oxygens (including phenoxy) is 1. The van der Waals surface area contributed by atoms with Gasteiger partial charge in [0.25, 0.3) is 0 Å². The van der Waals surface area contributed by atoms with Crippen molar-refractivity contribution in [3.63, 3.8) is 0 Å². The van der Waals surface area contributed by atoms with Crippen LogP contribution in [0.5, 0.6) is 0 Å². The van der Waals surface area contributed by atoms with E-state index in [1.54, 1.807) is 12.5 Å². The minimum absolute atomic E-state index is 0.0876. The van der Waals surface area contributed by atoms with Crippen LogP contribution in [-0.4, -0.2) is 17.3 Å². The second-order valence-corrected chi connectivity index (χ2v) is 6.13. The Morgan fingerprint density at radius 3 is 2.85 bits per heavy atom. The van der Waals surface area contributed by atoms with Gasteiger partial charge < -0.3 is 9.84 Å². The van der Waals surface area contributed by atoms with Crippen molar-refractivity contribution >= 4 is 0 Å². The number of aliphatic hydroxyl groups is 1. The fraction of sp³-hybridized carbons (Fsp3) is 0.778. The molecule has 116 valence electrons.